The molecule has 0 spiro atoms. The third-order valence-corrected chi connectivity index (χ3v) is 3.62. The van der Waals surface area contributed by atoms with E-state index in [4.69, 9.17) is 10.3 Å². The molecule has 112 valence electrons. The van der Waals surface area contributed by atoms with Crippen LogP contribution in [0.3, 0.4) is 0 Å². The highest BCUT2D eigenvalue weighted by Crippen LogP contribution is 2.34. The topological polar surface area (TPSA) is 52.0 Å². The maximum Gasteiger partial charge on any atom is 0.170 e. The van der Waals surface area contributed by atoms with Crippen LogP contribution < -0.4 is 5.73 Å². The number of nitrogens with two attached hydrogens (primary N) is 1. The maximum absolute atomic E-state index is 13.3. The highest BCUT2D eigenvalue weighted by molar-refractivity contribution is 5.92. The molecular formula is C18H17FN2O. The Labute approximate surface area is 128 Å². The van der Waals surface area contributed by atoms with E-state index in [0.29, 0.717) is 17.7 Å². The molecule has 0 amide bonds. The van der Waals surface area contributed by atoms with Gasteiger partial charge in [0, 0.05) is 23.1 Å². The molecule has 4 heteroatoms. The third-order valence-electron chi connectivity index (χ3n) is 3.62. The van der Waals surface area contributed by atoms with Gasteiger partial charge in [0.1, 0.15) is 11.5 Å². The standard InChI is InChI=1S/C18H17FN2O/c1-11(2)9-16(20)13-5-3-4-6-14(13)18-15-8-7-12(19)10-17(15)22-21-18/h3-8,10,16H,1,9,20H2,2H3. The van der Waals surface area contributed by atoms with Gasteiger partial charge in [-0.05, 0) is 31.0 Å². The number of nitrogens with zero attached hydrogens (tertiary/aromatic N) is 1. The van der Waals surface area contributed by atoms with Crippen molar-refractivity contribution in [2.24, 2.45) is 5.73 Å². The Bertz CT molecular complexity index is 838. The lowest BCUT2D eigenvalue weighted by Gasteiger charge is -2.15. The molecule has 0 aliphatic rings. The summed E-state index contributed by atoms with van der Waals surface area (Å²) in [5.41, 5.74) is 10.3. The first kappa shape index (κ1) is 14.5. The van der Waals surface area contributed by atoms with E-state index in [1.165, 1.54) is 12.1 Å². The van der Waals surface area contributed by atoms with Gasteiger partial charge in [0.2, 0.25) is 0 Å². The fourth-order valence-electron chi connectivity index (χ4n) is 2.63. The Morgan fingerprint density at radius 3 is 2.86 bits per heavy atom. The number of benzene rings is 2. The number of hydrogen-bond acceptors (Lipinski definition) is 3. The summed E-state index contributed by atoms with van der Waals surface area (Å²) in [6, 6.07) is 12.1. The van der Waals surface area contributed by atoms with Crippen LogP contribution in [0.5, 0.6) is 0 Å². The van der Waals surface area contributed by atoms with Crippen LogP contribution in [0, 0.1) is 5.82 Å². The van der Waals surface area contributed by atoms with E-state index >= 15 is 0 Å². The number of halogens is 1. The van der Waals surface area contributed by atoms with Crippen LogP contribution in [0.2, 0.25) is 0 Å². The maximum atomic E-state index is 13.3. The summed E-state index contributed by atoms with van der Waals surface area (Å²) >= 11 is 0. The lowest BCUT2D eigenvalue weighted by molar-refractivity contribution is 0.457. The van der Waals surface area contributed by atoms with Gasteiger partial charge in [0.05, 0.1) is 0 Å². The zero-order valence-corrected chi connectivity index (χ0v) is 12.3. The second-order valence-corrected chi connectivity index (χ2v) is 5.53. The summed E-state index contributed by atoms with van der Waals surface area (Å²) in [6.45, 7) is 5.87. The van der Waals surface area contributed by atoms with Crippen LogP contribution >= 0.6 is 0 Å². The molecule has 1 aromatic heterocycles. The molecule has 3 nitrogen and oxygen atoms in total. The SMILES string of the molecule is C=C(C)CC(N)c1ccccc1-c1noc2cc(F)ccc12. The van der Waals surface area contributed by atoms with Gasteiger partial charge in [-0.25, -0.2) is 4.39 Å². The largest absolute Gasteiger partial charge is 0.356 e. The monoisotopic (exact) mass is 296 g/mol. The molecule has 1 heterocycles. The van der Waals surface area contributed by atoms with E-state index in [1.807, 2.05) is 31.2 Å². The molecule has 0 saturated heterocycles. The first-order valence-corrected chi connectivity index (χ1v) is 7.10. The van der Waals surface area contributed by atoms with E-state index in [1.54, 1.807) is 6.07 Å². The molecule has 2 aromatic carbocycles. The van der Waals surface area contributed by atoms with Crippen LogP contribution in [0.25, 0.3) is 22.2 Å². The lowest BCUT2D eigenvalue weighted by Crippen LogP contribution is -2.11. The van der Waals surface area contributed by atoms with E-state index in [0.717, 1.165) is 22.1 Å². The van der Waals surface area contributed by atoms with Crippen molar-refractivity contribution < 1.29 is 8.91 Å². The van der Waals surface area contributed by atoms with Crippen LogP contribution in [-0.2, 0) is 0 Å². The van der Waals surface area contributed by atoms with Crippen molar-refractivity contribution in [2.75, 3.05) is 0 Å². The Hall–Kier alpha value is -2.46. The van der Waals surface area contributed by atoms with Crippen molar-refractivity contribution >= 4 is 11.0 Å². The smallest absolute Gasteiger partial charge is 0.170 e. The van der Waals surface area contributed by atoms with Gasteiger partial charge in [0.15, 0.2) is 5.58 Å². The van der Waals surface area contributed by atoms with Gasteiger partial charge in [-0.2, -0.15) is 0 Å². The predicted molar refractivity (Wildman–Crippen MR) is 85.8 cm³/mol. The first-order chi connectivity index (χ1) is 10.6. The Morgan fingerprint density at radius 2 is 2.09 bits per heavy atom. The summed E-state index contributed by atoms with van der Waals surface area (Å²) in [5, 5.41) is 4.88. The zero-order valence-electron chi connectivity index (χ0n) is 12.3. The molecular weight excluding hydrogens is 279 g/mol. The Balaban J connectivity index is 2.13. The van der Waals surface area contributed by atoms with Crippen molar-refractivity contribution in [1.82, 2.24) is 5.16 Å². The quantitative estimate of drug-likeness (QED) is 0.716. The van der Waals surface area contributed by atoms with Crippen LogP contribution in [-0.4, -0.2) is 5.16 Å². The molecule has 0 bridgehead atoms. The molecule has 0 fully saturated rings. The number of hydrogen-bond donors (Lipinski definition) is 1. The van der Waals surface area contributed by atoms with E-state index < -0.39 is 0 Å². The predicted octanol–water partition coefficient (Wildman–Crippen LogP) is 4.60. The molecule has 22 heavy (non-hydrogen) atoms. The van der Waals surface area contributed by atoms with Gasteiger partial charge < -0.3 is 10.3 Å². The minimum absolute atomic E-state index is 0.166. The third kappa shape index (κ3) is 2.65. The molecule has 1 atom stereocenters. The minimum Gasteiger partial charge on any atom is -0.356 e. The normalized spacial score (nSPS) is 12.5. The minimum atomic E-state index is -0.345. The number of rotatable bonds is 4. The zero-order chi connectivity index (χ0) is 15.7. The molecule has 3 rings (SSSR count). The molecule has 3 aromatic rings. The number of fused-ring (bicyclic) bond motifs is 1. The number of aromatic nitrogens is 1. The van der Waals surface area contributed by atoms with Crippen molar-refractivity contribution in [3.05, 3.63) is 66.0 Å². The van der Waals surface area contributed by atoms with Gasteiger partial charge in [0.25, 0.3) is 0 Å². The molecule has 0 aliphatic heterocycles. The van der Waals surface area contributed by atoms with E-state index in [9.17, 15) is 4.39 Å². The summed E-state index contributed by atoms with van der Waals surface area (Å²) in [4.78, 5) is 0. The van der Waals surface area contributed by atoms with Crippen LogP contribution in [0.15, 0.2) is 59.1 Å². The molecule has 0 saturated carbocycles. The highest BCUT2D eigenvalue weighted by atomic mass is 19.1. The summed E-state index contributed by atoms with van der Waals surface area (Å²) in [7, 11) is 0. The van der Waals surface area contributed by atoms with Crippen molar-refractivity contribution in [3.8, 4) is 11.3 Å². The van der Waals surface area contributed by atoms with Crippen molar-refractivity contribution in [3.63, 3.8) is 0 Å². The lowest BCUT2D eigenvalue weighted by atomic mass is 9.94. The van der Waals surface area contributed by atoms with Crippen LogP contribution in [0.4, 0.5) is 4.39 Å². The van der Waals surface area contributed by atoms with Crippen molar-refractivity contribution in [1.29, 1.82) is 0 Å². The molecule has 0 aliphatic carbocycles. The average Bonchev–Trinajstić information content (AvgIpc) is 2.89. The fourth-order valence-corrected chi connectivity index (χ4v) is 2.63. The fraction of sp³-hybridized carbons (Fsp3) is 0.167. The molecule has 2 N–H and O–H groups in total. The Kier molecular flexibility index (Phi) is 3.77. The highest BCUT2D eigenvalue weighted by Gasteiger charge is 2.17. The van der Waals surface area contributed by atoms with Crippen molar-refractivity contribution in [2.45, 2.75) is 19.4 Å². The first-order valence-electron chi connectivity index (χ1n) is 7.10. The summed E-state index contributed by atoms with van der Waals surface area (Å²) in [6.07, 6.45) is 0.696. The van der Waals surface area contributed by atoms with E-state index in [-0.39, 0.29) is 11.9 Å². The van der Waals surface area contributed by atoms with Crippen LogP contribution in [0.1, 0.15) is 24.9 Å². The second-order valence-electron chi connectivity index (χ2n) is 5.53. The van der Waals surface area contributed by atoms with Gasteiger partial charge in [-0.3, -0.25) is 0 Å². The van der Waals surface area contributed by atoms with E-state index in [2.05, 4.69) is 11.7 Å². The molecule has 0 radical (unpaired) electrons. The Morgan fingerprint density at radius 1 is 1.32 bits per heavy atom. The van der Waals surface area contributed by atoms with Gasteiger partial charge in [-0.1, -0.05) is 35.0 Å². The molecule has 1 unspecified atom stereocenters. The van der Waals surface area contributed by atoms with Gasteiger partial charge in [-0.15, -0.1) is 6.58 Å². The summed E-state index contributed by atoms with van der Waals surface area (Å²) in [5.74, 6) is -0.345. The summed E-state index contributed by atoms with van der Waals surface area (Å²) < 4.78 is 18.5. The van der Waals surface area contributed by atoms with Gasteiger partial charge >= 0.3 is 0 Å². The average molecular weight is 296 g/mol. The second kappa shape index (κ2) is 5.73.